The van der Waals surface area contributed by atoms with Crippen LogP contribution in [0.2, 0.25) is 5.02 Å². The summed E-state index contributed by atoms with van der Waals surface area (Å²) in [5.74, 6) is 0. The van der Waals surface area contributed by atoms with Crippen LogP contribution in [-0.4, -0.2) is 44.3 Å². The molecule has 2 rings (SSSR count). The fraction of sp³-hybridized carbons (Fsp3) is 0.600. The molecule has 1 aliphatic rings. The first-order chi connectivity index (χ1) is 9.20. The minimum absolute atomic E-state index is 0.377. The lowest BCUT2D eigenvalue weighted by atomic mass is 10.2. The number of nitrogens with zero attached hydrogens (tertiary/aromatic N) is 1. The predicted octanol–water partition coefficient (Wildman–Crippen LogP) is 2.54. The van der Waals surface area contributed by atoms with E-state index in [1.165, 1.54) is 18.4 Å². The van der Waals surface area contributed by atoms with E-state index in [9.17, 15) is 0 Å². The summed E-state index contributed by atoms with van der Waals surface area (Å²) in [5, 5.41) is 4.40. The van der Waals surface area contributed by atoms with Crippen molar-refractivity contribution in [1.82, 2.24) is 10.2 Å². The van der Waals surface area contributed by atoms with Gasteiger partial charge in [0.2, 0.25) is 0 Å². The third-order valence-corrected chi connectivity index (χ3v) is 3.95. The highest BCUT2D eigenvalue weighted by Crippen LogP contribution is 2.20. The first kappa shape index (κ1) is 14.8. The third-order valence-electron chi connectivity index (χ3n) is 3.58. The van der Waals surface area contributed by atoms with Gasteiger partial charge in [0.25, 0.3) is 0 Å². The molecule has 19 heavy (non-hydrogen) atoms. The summed E-state index contributed by atoms with van der Waals surface area (Å²) < 4.78 is 5.33. The van der Waals surface area contributed by atoms with Crippen LogP contribution < -0.4 is 5.32 Å². The SMILES string of the molecule is COCC(CNC1CC1)N(C)Cc1ccccc1Cl. The van der Waals surface area contributed by atoms with E-state index in [4.69, 9.17) is 16.3 Å². The number of benzene rings is 1. The van der Waals surface area contributed by atoms with Crippen LogP contribution in [0.5, 0.6) is 0 Å². The van der Waals surface area contributed by atoms with Crippen LogP contribution in [0.15, 0.2) is 24.3 Å². The maximum atomic E-state index is 6.21. The zero-order valence-electron chi connectivity index (χ0n) is 11.7. The van der Waals surface area contributed by atoms with Crippen molar-refractivity contribution in [3.8, 4) is 0 Å². The van der Waals surface area contributed by atoms with E-state index in [-0.39, 0.29) is 0 Å². The summed E-state index contributed by atoms with van der Waals surface area (Å²) in [6.07, 6.45) is 2.63. The average molecular weight is 283 g/mol. The van der Waals surface area contributed by atoms with E-state index in [1.807, 2.05) is 18.2 Å². The molecule has 106 valence electrons. The number of methoxy groups -OCH3 is 1. The minimum Gasteiger partial charge on any atom is -0.383 e. The molecule has 1 atom stereocenters. The van der Waals surface area contributed by atoms with Gasteiger partial charge in [-0.15, -0.1) is 0 Å². The van der Waals surface area contributed by atoms with Crippen LogP contribution in [-0.2, 0) is 11.3 Å². The molecule has 1 saturated carbocycles. The Bertz CT molecular complexity index is 395. The van der Waals surface area contributed by atoms with Gasteiger partial charge in [-0.3, -0.25) is 4.90 Å². The standard InChI is InChI=1S/C15H23ClN2O/c1-18(10-12-5-3-4-6-15(12)16)14(11-19-2)9-17-13-7-8-13/h3-6,13-14,17H,7-11H2,1-2H3. The second-order valence-electron chi connectivity index (χ2n) is 5.30. The normalized spacial score (nSPS) is 16.8. The molecule has 0 radical (unpaired) electrons. The Morgan fingerprint density at radius 1 is 1.42 bits per heavy atom. The highest BCUT2D eigenvalue weighted by molar-refractivity contribution is 6.31. The summed E-state index contributed by atoms with van der Waals surface area (Å²) in [6, 6.07) is 9.13. The van der Waals surface area contributed by atoms with Gasteiger partial charge in [-0.1, -0.05) is 29.8 Å². The molecule has 1 N–H and O–H groups in total. The topological polar surface area (TPSA) is 24.5 Å². The maximum Gasteiger partial charge on any atom is 0.0630 e. The van der Waals surface area contributed by atoms with Crippen molar-refractivity contribution in [3.05, 3.63) is 34.9 Å². The molecule has 1 aromatic carbocycles. The van der Waals surface area contributed by atoms with Crippen molar-refractivity contribution in [3.63, 3.8) is 0 Å². The van der Waals surface area contributed by atoms with Crippen molar-refractivity contribution in [2.45, 2.75) is 31.5 Å². The molecule has 0 heterocycles. The summed E-state index contributed by atoms with van der Waals surface area (Å²) >= 11 is 6.21. The smallest absolute Gasteiger partial charge is 0.0630 e. The zero-order chi connectivity index (χ0) is 13.7. The molecule has 0 aromatic heterocycles. The van der Waals surface area contributed by atoms with Crippen molar-refractivity contribution >= 4 is 11.6 Å². The molecular formula is C15H23ClN2O. The first-order valence-corrected chi connectivity index (χ1v) is 7.24. The van der Waals surface area contributed by atoms with E-state index in [2.05, 4.69) is 23.3 Å². The Morgan fingerprint density at radius 3 is 2.79 bits per heavy atom. The third kappa shape index (κ3) is 4.77. The van der Waals surface area contributed by atoms with Gasteiger partial charge in [-0.2, -0.15) is 0 Å². The molecule has 1 fully saturated rings. The summed E-state index contributed by atoms with van der Waals surface area (Å²) in [5.41, 5.74) is 1.17. The van der Waals surface area contributed by atoms with Crippen LogP contribution in [0.1, 0.15) is 18.4 Å². The second-order valence-corrected chi connectivity index (χ2v) is 5.71. The largest absolute Gasteiger partial charge is 0.383 e. The molecule has 0 aliphatic heterocycles. The average Bonchev–Trinajstić information content (AvgIpc) is 3.21. The number of hydrogen-bond donors (Lipinski definition) is 1. The fourth-order valence-corrected chi connectivity index (χ4v) is 2.34. The highest BCUT2D eigenvalue weighted by Gasteiger charge is 2.23. The van der Waals surface area contributed by atoms with Gasteiger partial charge in [0, 0.05) is 37.3 Å². The molecule has 1 aromatic rings. The number of rotatable bonds is 8. The minimum atomic E-state index is 0.377. The Balaban J connectivity index is 1.89. The molecule has 0 bridgehead atoms. The lowest BCUT2D eigenvalue weighted by Gasteiger charge is -2.28. The van der Waals surface area contributed by atoms with Crippen LogP contribution in [0, 0.1) is 0 Å². The van der Waals surface area contributed by atoms with Crippen LogP contribution in [0.4, 0.5) is 0 Å². The number of hydrogen-bond acceptors (Lipinski definition) is 3. The van der Waals surface area contributed by atoms with Gasteiger partial charge < -0.3 is 10.1 Å². The highest BCUT2D eigenvalue weighted by atomic mass is 35.5. The second kappa shape index (κ2) is 7.25. The van der Waals surface area contributed by atoms with Gasteiger partial charge in [-0.25, -0.2) is 0 Å². The lowest BCUT2D eigenvalue weighted by Crippen LogP contribution is -2.43. The van der Waals surface area contributed by atoms with E-state index in [1.54, 1.807) is 7.11 Å². The Labute approximate surface area is 120 Å². The lowest BCUT2D eigenvalue weighted by molar-refractivity contribution is 0.101. The molecule has 0 spiro atoms. The number of halogens is 1. The summed E-state index contributed by atoms with van der Waals surface area (Å²) in [6.45, 7) is 2.56. The molecule has 0 amide bonds. The van der Waals surface area contributed by atoms with Gasteiger partial charge in [-0.05, 0) is 31.5 Å². The van der Waals surface area contributed by atoms with Gasteiger partial charge in [0.1, 0.15) is 0 Å². The van der Waals surface area contributed by atoms with E-state index >= 15 is 0 Å². The van der Waals surface area contributed by atoms with Crippen molar-refractivity contribution in [2.24, 2.45) is 0 Å². The fourth-order valence-electron chi connectivity index (χ4n) is 2.15. The van der Waals surface area contributed by atoms with Gasteiger partial charge in [0.05, 0.1) is 6.61 Å². The molecule has 1 aliphatic carbocycles. The molecule has 1 unspecified atom stereocenters. The van der Waals surface area contributed by atoms with Crippen LogP contribution in [0.25, 0.3) is 0 Å². The van der Waals surface area contributed by atoms with Crippen LogP contribution >= 0.6 is 11.6 Å². The van der Waals surface area contributed by atoms with Gasteiger partial charge in [0.15, 0.2) is 0 Å². The van der Waals surface area contributed by atoms with Crippen molar-refractivity contribution in [2.75, 3.05) is 27.3 Å². The monoisotopic (exact) mass is 282 g/mol. The molecular weight excluding hydrogens is 260 g/mol. The number of nitrogens with one attached hydrogen (secondary N) is 1. The first-order valence-electron chi connectivity index (χ1n) is 6.86. The maximum absolute atomic E-state index is 6.21. The van der Waals surface area contributed by atoms with Crippen LogP contribution in [0.3, 0.4) is 0 Å². The van der Waals surface area contributed by atoms with E-state index < -0.39 is 0 Å². The van der Waals surface area contributed by atoms with Gasteiger partial charge >= 0.3 is 0 Å². The van der Waals surface area contributed by atoms with E-state index in [0.717, 1.165) is 30.8 Å². The predicted molar refractivity (Wildman–Crippen MR) is 79.6 cm³/mol. The van der Waals surface area contributed by atoms with E-state index in [0.29, 0.717) is 6.04 Å². The van der Waals surface area contributed by atoms with Crippen molar-refractivity contribution < 1.29 is 4.74 Å². The Morgan fingerprint density at radius 2 is 2.16 bits per heavy atom. The molecule has 3 nitrogen and oxygen atoms in total. The zero-order valence-corrected chi connectivity index (χ0v) is 12.5. The Kier molecular flexibility index (Phi) is 5.64. The molecule has 0 saturated heterocycles. The molecule has 4 heteroatoms. The Hall–Kier alpha value is -0.610. The number of likely N-dealkylation sites (N-methyl/N-ethyl adjacent to an activating group) is 1. The number of ether oxygens (including phenoxy) is 1. The van der Waals surface area contributed by atoms with Crippen molar-refractivity contribution in [1.29, 1.82) is 0 Å². The quantitative estimate of drug-likeness (QED) is 0.793. The summed E-state index contributed by atoms with van der Waals surface area (Å²) in [7, 11) is 3.88. The summed E-state index contributed by atoms with van der Waals surface area (Å²) in [4.78, 5) is 2.31.